The highest BCUT2D eigenvalue weighted by Crippen LogP contribution is 2.32. The molecular formula is C17H19BrClN3O2. The molecule has 128 valence electrons. The molecule has 0 aliphatic carbocycles. The van der Waals surface area contributed by atoms with E-state index >= 15 is 0 Å². The van der Waals surface area contributed by atoms with Crippen molar-refractivity contribution in [3.8, 4) is 0 Å². The first-order valence-electron chi connectivity index (χ1n) is 7.52. The van der Waals surface area contributed by atoms with Gasteiger partial charge < -0.3 is 15.6 Å². The van der Waals surface area contributed by atoms with Gasteiger partial charge in [-0.15, -0.1) is 12.4 Å². The van der Waals surface area contributed by atoms with Gasteiger partial charge in [-0.25, -0.2) is 0 Å². The van der Waals surface area contributed by atoms with Crippen LogP contribution in [0, 0.1) is 5.92 Å². The number of rotatable bonds is 3. The third-order valence-corrected chi connectivity index (χ3v) is 4.95. The molecule has 1 aliphatic heterocycles. The lowest BCUT2D eigenvalue weighted by Crippen LogP contribution is -2.30. The van der Waals surface area contributed by atoms with E-state index in [1.165, 1.54) is 11.8 Å². The van der Waals surface area contributed by atoms with Crippen LogP contribution in [0.25, 0.3) is 0 Å². The summed E-state index contributed by atoms with van der Waals surface area (Å²) >= 11 is 3.16. The first-order valence-corrected chi connectivity index (χ1v) is 8.32. The van der Waals surface area contributed by atoms with E-state index in [4.69, 9.17) is 5.73 Å². The van der Waals surface area contributed by atoms with Gasteiger partial charge in [-0.05, 0) is 40.0 Å². The van der Waals surface area contributed by atoms with Crippen LogP contribution in [-0.2, 0) is 0 Å². The summed E-state index contributed by atoms with van der Waals surface area (Å²) in [6.45, 7) is 1.81. The molecule has 7 heteroatoms. The molecule has 3 rings (SSSR count). The number of hydrogen-bond donors (Lipinski definition) is 2. The third kappa shape index (κ3) is 3.71. The fraction of sp³-hybridized carbons (Fsp3) is 0.294. The first kappa shape index (κ1) is 18.7. The number of aromatic nitrogens is 1. The summed E-state index contributed by atoms with van der Waals surface area (Å²) in [6, 6.07) is 11.7. The van der Waals surface area contributed by atoms with Crippen LogP contribution < -0.4 is 11.3 Å². The van der Waals surface area contributed by atoms with Crippen molar-refractivity contribution in [3.05, 3.63) is 68.5 Å². The molecule has 1 fully saturated rings. The number of H-pyrrole nitrogens is 1. The molecule has 0 saturated carbocycles. The Balaban J connectivity index is 0.00000208. The van der Waals surface area contributed by atoms with Gasteiger partial charge in [0, 0.05) is 25.2 Å². The topological polar surface area (TPSA) is 79.2 Å². The maximum Gasteiger partial charge on any atom is 0.262 e. The molecule has 2 aromatic rings. The predicted molar refractivity (Wildman–Crippen MR) is 99.6 cm³/mol. The lowest BCUT2D eigenvalue weighted by atomic mass is 9.89. The van der Waals surface area contributed by atoms with Crippen molar-refractivity contribution in [1.82, 2.24) is 9.88 Å². The molecule has 1 saturated heterocycles. The zero-order valence-electron chi connectivity index (χ0n) is 12.9. The van der Waals surface area contributed by atoms with Crippen LogP contribution in [0.3, 0.4) is 0 Å². The number of nitrogens with one attached hydrogen (secondary N) is 1. The highest BCUT2D eigenvalue weighted by molar-refractivity contribution is 9.10. The van der Waals surface area contributed by atoms with Gasteiger partial charge in [-0.3, -0.25) is 9.59 Å². The van der Waals surface area contributed by atoms with Gasteiger partial charge in [0.1, 0.15) is 0 Å². The van der Waals surface area contributed by atoms with Crippen molar-refractivity contribution in [2.75, 3.05) is 19.6 Å². The minimum atomic E-state index is -0.245. The fourth-order valence-corrected chi connectivity index (χ4v) is 3.48. The fourth-order valence-electron chi connectivity index (χ4n) is 3.12. The Morgan fingerprint density at radius 1 is 1.29 bits per heavy atom. The largest absolute Gasteiger partial charge is 0.338 e. The number of carbonyl (C=O) groups is 1. The summed E-state index contributed by atoms with van der Waals surface area (Å²) in [6.07, 6.45) is 1.46. The van der Waals surface area contributed by atoms with E-state index in [2.05, 4.69) is 33.0 Å². The minimum absolute atomic E-state index is 0. The van der Waals surface area contributed by atoms with Crippen LogP contribution in [0.15, 0.2) is 51.9 Å². The molecule has 0 unspecified atom stereocenters. The van der Waals surface area contributed by atoms with Gasteiger partial charge in [0.05, 0.1) is 10.0 Å². The van der Waals surface area contributed by atoms with E-state index in [-0.39, 0.29) is 35.7 Å². The number of nitrogens with two attached hydrogens (primary N) is 1. The maximum atomic E-state index is 12.7. The van der Waals surface area contributed by atoms with E-state index in [9.17, 15) is 9.59 Å². The van der Waals surface area contributed by atoms with E-state index in [1.807, 2.05) is 23.1 Å². The van der Waals surface area contributed by atoms with Crippen molar-refractivity contribution in [1.29, 1.82) is 0 Å². The van der Waals surface area contributed by atoms with E-state index in [1.54, 1.807) is 6.07 Å². The van der Waals surface area contributed by atoms with Crippen LogP contribution in [0.2, 0.25) is 0 Å². The Morgan fingerprint density at radius 3 is 2.62 bits per heavy atom. The third-order valence-electron chi connectivity index (χ3n) is 4.36. The van der Waals surface area contributed by atoms with Crippen molar-refractivity contribution in [2.45, 2.75) is 5.92 Å². The number of nitrogens with zero attached hydrogens (tertiary/aromatic N) is 1. The predicted octanol–water partition coefficient (Wildman–Crippen LogP) is 2.37. The summed E-state index contributed by atoms with van der Waals surface area (Å²) < 4.78 is 0.359. The number of likely N-dealkylation sites (tertiary alicyclic amines) is 1. The summed E-state index contributed by atoms with van der Waals surface area (Å²) in [4.78, 5) is 28.5. The molecule has 3 N–H and O–H groups in total. The summed E-state index contributed by atoms with van der Waals surface area (Å²) in [5.74, 6) is 0.405. The average molecular weight is 413 g/mol. The second-order valence-electron chi connectivity index (χ2n) is 5.79. The standard InChI is InChI=1S/C17H18BrN3O2.ClH/c18-15-6-12(8-20-16(15)22)17(23)21-9-13(7-19)14(10-21)11-4-2-1-3-5-11;/h1-6,8,13-14H,7,9-10,19H2,(H,20,22);1H/t13-,14+;/m1./s1. The minimum Gasteiger partial charge on any atom is -0.338 e. The van der Waals surface area contributed by atoms with Crippen LogP contribution in [0.1, 0.15) is 21.8 Å². The normalized spacial score (nSPS) is 19.8. The smallest absolute Gasteiger partial charge is 0.262 e. The molecular weight excluding hydrogens is 394 g/mol. The Morgan fingerprint density at radius 2 is 2.00 bits per heavy atom. The first-order chi connectivity index (χ1) is 11.1. The summed E-state index contributed by atoms with van der Waals surface area (Å²) in [5.41, 5.74) is 7.35. The number of aromatic amines is 1. The lowest BCUT2D eigenvalue weighted by molar-refractivity contribution is 0.0786. The molecule has 1 aromatic carbocycles. The van der Waals surface area contributed by atoms with Crippen LogP contribution in [0.5, 0.6) is 0 Å². The zero-order valence-corrected chi connectivity index (χ0v) is 15.3. The van der Waals surface area contributed by atoms with Crippen molar-refractivity contribution < 1.29 is 4.79 Å². The average Bonchev–Trinajstić information content (AvgIpc) is 3.02. The number of halogens is 2. The van der Waals surface area contributed by atoms with E-state index < -0.39 is 0 Å². The van der Waals surface area contributed by atoms with Crippen LogP contribution >= 0.6 is 28.3 Å². The number of hydrogen-bond acceptors (Lipinski definition) is 3. The van der Waals surface area contributed by atoms with E-state index in [0.717, 1.165) is 0 Å². The molecule has 0 bridgehead atoms. The highest BCUT2D eigenvalue weighted by atomic mass is 79.9. The number of benzene rings is 1. The van der Waals surface area contributed by atoms with Gasteiger partial charge in [0.2, 0.25) is 0 Å². The van der Waals surface area contributed by atoms with Gasteiger partial charge in [0.15, 0.2) is 0 Å². The molecule has 5 nitrogen and oxygen atoms in total. The lowest BCUT2D eigenvalue weighted by Gasteiger charge is -2.17. The molecule has 0 spiro atoms. The highest BCUT2D eigenvalue weighted by Gasteiger charge is 2.35. The van der Waals surface area contributed by atoms with Gasteiger partial charge in [0.25, 0.3) is 11.5 Å². The van der Waals surface area contributed by atoms with Gasteiger partial charge >= 0.3 is 0 Å². The number of amides is 1. The van der Waals surface area contributed by atoms with Gasteiger partial charge in [-0.2, -0.15) is 0 Å². The Labute approximate surface area is 154 Å². The zero-order chi connectivity index (χ0) is 16.4. The monoisotopic (exact) mass is 411 g/mol. The van der Waals surface area contributed by atoms with Crippen molar-refractivity contribution >= 4 is 34.2 Å². The maximum absolute atomic E-state index is 12.7. The Hall–Kier alpha value is -1.63. The SMILES string of the molecule is Cl.NC[C@@H]1CN(C(=O)c2c[nH]c(=O)c(Br)c2)C[C@H]1c1ccccc1. The Kier molecular flexibility index (Phi) is 6.21. The Bertz CT molecular complexity index is 766. The van der Waals surface area contributed by atoms with Crippen LogP contribution in [-0.4, -0.2) is 35.4 Å². The molecule has 0 radical (unpaired) electrons. The molecule has 2 atom stereocenters. The second kappa shape index (κ2) is 7.96. The molecule has 24 heavy (non-hydrogen) atoms. The number of carbonyl (C=O) groups excluding carboxylic acids is 1. The van der Waals surface area contributed by atoms with E-state index in [0.29, 0.717) is 29.7 Å². The number of pyridine rings is 1. The quantitative estimate of drug-likeness (QED) is 0.812. The van der Waals surface area contributed by atoms with Crippen molar-refractivity contribution in [3.63, 3.8) is 0 Å². The van der Waals surface area contributed by atoms with Gasteiger partial charge in [-0.1, -0.05) is 30.3 Å². The molecule has 1 aromatic heterocycles. The molecule has 1 amide bonds. The van der Waals surface area contributed by atoms with Crippen LogP contribution in [0.4, 0.5) is 0 Å². The summed E-state index contributed by atoms with van der Waals surface area (Å²) in [7, 11) is 0. The molecule has 2 heterocycles. The second-order valence-corrected chi connectivity index (χ2v) is 6.64. The molecule has 1 aliphatic rings. The van der Waals surface area contributed by atoms with Crippen molar-refractivity contribution in [2.24, 2.45) is 11.7 Å². The summed E-state index contributed by atoms with van der Waals surface area (Å²) in [5, 5.41) is 0.